The van der Waals surface area contributed by atoms with Gasteiger partial charge in [-0.05, 0) is 30.9 Å². The van der Waals surface area contributed by atoms with Crippen molar-refractivity contribution in [1.29, 1.82) is 0 Å². The molecule has 0 saturated heterocycles. The Bertz CT molecular complexity index is 469. The molecule has 1 rings (SSSR count). The third-order valence-corrected chi connectivity index (χ3v) is 3.66. The van der Waals surface area contributed by atoms with E-state index in [1.54, 1.807) is 13.1 Å². The Hall–Kier alpha value is -1.58. The number of nitrogens with zero attached hydrogens (tertiary/aromatic N) is 1. The molecule has 118 valence electrons. The van der Waals surface area contributed by atoms with E-state index in [9.17, 15) is 4.79 Å². The van der Waals surface area contributed by atoms with Crippen LogP contribution in [0, 0.1) is 12.3 Å². The minimum Gasteiger partial charge on any atom is -0.373 e. The predicted molar refractivity (Wildman–Crippen MR) is 88.8 cm³/mol. The molecule has 1 aromatic heterocycles. The lowest BCUT2D eigenvalue weighted by Gasteiger charge is -2.25. The zero-order valence-corrected chi connectivity index (χ0v) is 14.0. The van der Waals surface area contributed by atoms with Gasteiger partial charge in [0.1, 0.15) is 5.82 Å². The maximum absolute atomic E-state index is 12.3. The van der Waals surface area contributed by atoms with E-state index in [-0.39, 0.29) is 11.3 Å². The third-order valence-electron chi connectivity index (χ3n) is 3.66. The van der Waals surface area contributed by atoms with Crippen molar-refractivity contribution in [2.24, 2.45) is 5.41 Å². The maximum atomic E-state index is 12.3. The number of aromatic nitrogens is 1. The van der Waals surface area contributed by atoms with Gasteiger partial charge in [0.05, 0.1) is 0 Å². The van der Waals surface area contributed by atoms with Crippen molar-refractivity contribution >= 4 is 11.7 Å². The molecule has 0 spiro atoms. The molecule has 2 N–H and O–H groups in total. The van der Waals surface area contributed by atoms with Crippen LogP contribution in [-0.4, -0.2) is 24.5 Å². The lowest BCUT2D eigenvalue weighted by molar-refractivity contribution is 0.0934. The fraction of sp³-hybridized carbons (Fsp3) is 0.647. The molecular formula is C17H29N3O. The number of rotatable bonds is 8. The van der Waals surface area contributed by atoms with Crippen LogP contribution in [0.4, 0.5) is 5.82 Å². The Kier molecular flexibility index (Phi) is 6.66. The van der Waals surface area contributed by atoms with E-state index in [4.69, 9.17) is 0 Å². The van der Waals surface area contributed by atoms with Gasteiger partial charge in [-0.15, -0.1) is 0 Å². The van der Waals surface area contributed by atoms with E-state index in [0.29, 0.717) is 12.1 Å². The van der Waals surface area contributed by atoms with Crippen molar-refractivity contribution in [3.63, 3.8) is 0 Å². The number of hydrogen-bond donors (Lipinski definition) is 2. The second-order valence-electron chi connectivity index (χ2n) is 6.44. The number of unbranched alkanes of at least 4 members (excludes halogenated alkanes) is 2. The topological polar surface area (TPSA) is 54.0 Å². The van der Waals surface area contributed by atoms with Gasteiger partial charge in [0, 0.05) is 24.8 Å². The smallest absolute Gasteiger partial charge is 0.251 e. The van der Waals surface area contributed by atoms with Crippen LogP contribution in [0.2, 0.25) is 0 Å². The van der Waals surface area contributed by atoms with Crippen LogP contribution < -0.4 is 10.6 Å². The fourth-order valence-corrected chi connectivity index (χ4v) is 2.29. The number of anilines is 1. The van der Waals surface area contributed by atoms with Crippen LogP contribution in [0.15, 0.2) is 12.1 Å². The molecule has 0 aliphatic carbocycles. The van der Waals surface area contributed by atoms with Gasteiger partial charge >= 0.3 is 0 Å². The molecule has 4 heteroatoms. The van der Waals surface area contributed by atoms with Gasteiger partial charge in [0.2, 0.25) is 0 Å². The van der Waals surface area contributed by atoms with E-state index < -0.39 is 0 Å². The van der Waals surface area contributed by atoms with Gasteiger partial charge in [-0.1, -0.05) is 40.0 Å². The van der Waals surface area contributed by atoms with Gasteiger partial charge in [0.15, 0.2) is 0 Å². The summed E-state index contributed by atoms with van der Waals surface area (Å²) in [6.45, 7) is 9.22. The highest BCUT2D eigenvalue weighted by Gasteiger charge is 2.19. The number of pyridine rings is 1. The van der Waals surface area contributed by atoms with Crippen molar-refractivity contribution in [1.82, 2.24) is 10.3 Å². The Morgan fingerprint density at radius 3 is 2.62 bits per heavy atom. The molecule has 0 aromatic carbocycles. The summed E-state index contributed by atoms with van der Waals surface area (Å²) >= 11 is 0. The van der Waals surface area contributed by atoms with E-state index in [2.05, 4.69) is 36.4 Å². The monoisotopic (exact) mass is 291 g/mol. The quantitative estimate of drug-likeness (QED) is 0.717. The Labute approximate surface area is 128 Å². The molecule has 0 radical (unpaired) electrons. The van der Waals surface area contributed by atoms with Crippen molar-refractivity contribution in [2.45, 2.75) is 53.4 Å². The third kappa shape index (κ3) is 6.15. The highest BCUT2D eigenvalue weighted by molar-refractivity contribution is 5.95. The van der Waals surface area contributed by atoms with Crippen molar-refractivity contribution in [2.75, 3.05) is 18.9 Å². The second kappa shape index (κ2) is 8.01. The Balaban J connectivity index is 2.59. The Morgan fingerprint density at radius 2 is 2.00 bits per heavy atom. The normalized spacial score (nSPS) is 11.3. The molecule has 21 heavy (non-hydrogen) atoms. The number of amides is 1. The summed E-state index contributed by atoms with van der Waals surface area (Å²) in [7, 11) is 1.81. The average Bonchev–Trinajstić information content (AvgIpc) is 2.44. The molecule has 0 fully saturated rings. The first-order chi connectivity index (χ1) is 9.88. The number of hydrogen-bond acceptors (Lipinski definition) is 3. The largest absolute Gasteiger partial charge is 0.373 e. The molecule has 0 aliphatic rings. The van der Waals surface area contributed by atoms with Crippen molar-refractivity contribution in [3.05, 3.63) is 23.4 Å². The van der Waals surface area contributed by atoms with Gasteiger partial charge in [-0.3, -0.25) is 4.79 Å². The second-order valence-corrected chi connectivity index (χ2v) is 6.44. The summed E-state index contributed by atoms with van der Waals surface area (Å²) in [4.78, 5) is 16.6. The summed E-state index contributed by atoms with van der Waals surface area (Å²) in [5, 5.41) is 6.03. The fourth-order valence-electron chi connectivity index (χ4n) is 2.29. The van der Waals surface area contributed by atoms with Crippen molar-refractivity contribution in [3.8, 4) is 0 Å². The molecule has 0 bridgehead atoms. The van der Waals surface area contributed by atoms with E-state index >= 15 is 0 Å². The van der Waals surface area contributed by atoms with Crippen LogP contribution in [0.1, 0.15) is 62.5 Å². The average molecular weight is 291 g/mol. The van der Waals surface area contributed by atoms with Gasteiger partial charge in [0.25, 0.3) is 5.91 Å². The highest BCUT2D eigenvalue weighted by atomic mass is 16.1. The zero-order chi connectivity index (χ0) is 15.9. The van der Waals surface area contributed by atoms with Crippen LogP contribution >= 0.6 is 0 Å². The first-order valence-electron chi connectivity index (χ1n) is 7.82. The molecular weight excluding hydrogens is 262 g/mol. The van der Waals surface area contributed by atoms with E-state index in [0.717, 1.165) is 17.9 Å². The minimum atomic E-state index is -0.0273. The van der Waals surface area contributed by atoms with Gasteiger partial charge in [-0.25, -0.2) is 4.98 Å². The van der Waals surface area contributed by atoms with Gasteiger partial charge < -0.3 is 10.6 Å². The summed E-state index contributed by atoms with van der Waals surface area (Å²) in [5.74, 6) is 0.697. The molecule has 0 atom stereocenters. The number of nitrogens with one attached hydrogen (secondary N) is 2. The standard InChI is InChI=1S/C17H29N3O/c1-6-7-8-9-17(3,4)12-19-16(21)14-10-13(2)20-15(11-14)18-5/h10-11H,6-9,12H2,1-5H3,(H,18,20)(H,19,21). The lowest BCUT2D eigenvalue weighted by Crippen LogP contribution is -2.34. The van der Waals surface area contributed by atoms with Crippen LogP contribution in [0.25, 0.3) is 0 Å². The molecule has 0 unspecified atom stereocenters. The number of aryl methyl sites for hydroxylation is 1. The van der Waals surface area contributed by atoms with E-state index in [1.807, 2.05) is 13.0 Å². The van der Waals surface area contributed by atoms with E-state index in [1.165, 1.54) is 19.3 Å². The van der Waals surface area contributed by atoms with Crippen LogP contribution in [0.3, 0.4) is 0 Å². The SMILES string of the molecule is CCCCCC(C)(C)CNC(=O)c1cc(C)nc(NC)c1. The summed E-state index contributed by atoms with van der Waals surface area (Å²) in [6, 6.07) is 3.60. The van der Waals surface area contributed by atoms with Gasteiger partial charge in [-0.2, -0.15) is 0 Å². The molecule has 0 saturated carbocycles. The summed E-state index contributed by atoms with van der Waals surface area (Å²) in [6.07, 6.45) is 4.84. The summed E-state index contributed by atoms with van der Waals surface area (Å²) in [5.41, 5.74) is 1.64. The molecule has 1 heterocycles. The molecule has 1 aromatic rings. The van der Waals surface area contributed by atoms with Crippen LogP contribution in [-0.2, 0) is 0 Å². The highest BCUT2D eigenvalue weighted by Crippen LogP contribution is 2.22. The maximum Gasteiger partial charge on any atom is 0.251 e. The van der Waals surface area contributed by atoms with Crippen LogP contribution in [0.5, 0.6) is 0 Å². The first-order valence-corrected chi connectivity index (χ1v) is 7.82. The minimum absolute atomic E-state index is 0.0273. The lowest BCUT2D eigenvalue weighted by atomic mass is 9.87. The number of carbonyl (C=O) groups excluding carboxylic acids is 1. The van der Waals surface area contributed by atoms with Crippen molar-refractivity contribution < 1.29 is 4.79 Å². The first kappa shape index (κ1) is 17.5. The predicted octanol–water partition coefficient (Wildman–Crippen LogP) is 3.77. The molecule has 0 aliphatic heterocycles. The Morgan fingerprint density at radius 1 is 1.29 bits per heavy atom. The molecule has 1 amide bonds. The molecule has 4 nitrogen and oxygen atoms in total. The zero-order valence-electron chi connectivity index (χ0n) is 14.0. The summed E-state index contributed by atoms with van der Waals surface area (Å²) < 4.78 is 0. The number of carbonyl (C=O) groups is 1.